The first-order chi connectivity index (χ1) is 12.3. The van der Waals surface area contributed by atoms with Crippen molar-refractivity contribution in [3.8, 4) is 0 Å². The maximum atomic E-state index is 12.2. The molecular weight excluding hydrogens is 314 g/mol. The Bertz CT molecular complexity index is 825. The minimum Gasteiger partial charge on any atom is -0.361 e. The average Bonchev–Trinajstić information content (AvgIpc) is 3.06. The van der Waals surface area contributed by atoms with E-state index in [0.717, 1.165) is 31.3 Å². The molecule has 6 nitrogen and oxygen atoms in total. The number of H-pyrrole nitrogens is 1. The van der Waals surface area contributed by atoms with Crippen molar-refractivity contribution in [3.05, 3.63) is 54.0 Å². The van der Waals surface area contributed by atoms with Gasteiger partial charge in [-0.15, -0.1) is 0 Å². The molecule has 0 aliphatic carbocycles. The molecule has 25 heavy (non-hydrogen) atoms. The van der Waals surface area contributed by atoms with Crippen molar-refractivity contribution in [2.24, 2.45) is 0 Å². The molecule has 0 aliphatic rings. The zero-order valence-electron chi connectivity index (χ0n) is 14.4. The van der Waals surface area contributed by atoms with Gasteiger partial charge >= 0.3 is 0 Å². The summed E-state index contributed by atoms with van der Waals surface area (Å²) in [6, 6.07) is 8.16. The van der Waals surface area contributed by atoms with Crippen molar-refractivity contribution >= 4 is 22.8 Å². The van der Waals surface area contributed by atoms with Crippen LogP contribution < -0.4 is 10.6 Å². The number of hydrogen-bond acceptors (Lipinski definition) is 4. The molecule has 1 amide bonds. The Hall–Kier alpha value is -2.89. The van der Waals surface area contributed by atoms with Crippen molar-refractivity contribution < 1.29 is 4.79 Å². The molecule has 130 valence electrons. The smallest absolute Gasteiger partial charge is 0.254 e. The standard InChI is InChI=1S/C19H23N5O/c1-2-3-9-21-19-23-12-15(13-24-19)18(25)20-10-8-14-11-22-17-7-5-4-6-16(14)17/h4-7,11-13,22H,2-3,8-10H2,1H3,(H,20,25)(H,21,23,24). The minimum atomic E-state index is -0.153. The van der Waals surface area contributed by atoms with Crippen molar-refractivity contribution in [1.82, 2.24) is 20.3 Å². The van der Waals surface area contributed by atoms with E-state index in [9.17, 15) is 4.79 Å². The molecule has 0 fully saturated rings. The summed E-state index contributed by atoms with van der Waals surface area (Å²) < 4.78 is 0. The number of rotatable bonds is 8. The Morgan fingerprint density at radius 2 is 1.96 bits per heavy atom. The fraction of sp³-hybridized carbons (Fsp3) is 0.316. The van der Waals surface area contributed by atoms with Gasteiger partial charge in [0.1, 0.15) is 0 Å². The number of unbranched alkanes of at least 4 members (excludes halogenated alkanes) is 1. The van der Waals surface area contributed by atoms with E-state index in [1.165, 1.54) is 10.9 Å². The van der Waals surface area contributed by atoms with Gasteiger partial charge in [-0.2, -0.15) is 0 Å². The summed E-state index contributed by atoms with van der Waals surface area (Å²) >= 11 is 0. The van der Waals surface area contributed by atoms with E-state index in [2.05, 4.69) is 38.6 Å². The number of fused-ring (bicyclic) bond motifs is 1. The zero-order valence-corrected chi connectivity index (χ0v) is 14.4. The van der Waals surface area contributed by atoms with Crippen LogP contribution in [-0.2, 0) is 6.42 Å². The first-order valence-corrected chi connectivity index (χ1v) is 8.67. The summed E-state index contributed by atoms with van der Waals surface area (Å²) in [5.74, 6) is 0.406. The molecule has 0 radical (unpaired) electrons. The Morgan fingerprint density at radius 3 is 2.76 bits per heavy atom. The summed E-state index contributed by atoms with van der Waals surface area (Å²) in [6.45, 7) is 3.54. The minimum absolute atomic E-state index is 0.153. The summed E-state index contributed by atoms with van der Waals surface area (Å²) in [5.41, 5.74) is 2.78. The zero-order chi connectivity index (χ0) is 17.5. The molecule has 3 N–H and O–H groups in total. The molecule has 0 unspecified atom stereocenters. The maximum Gasteiger partial charge on any atom is 0.254 e. The van der Waals surface area contributed by atoms with Gasteiger partial charge in [0.2, 0.25) is 5.95 Å². The molecule has 0 spiro atoms. The number of carbonyl (C=O) groups is 1. The third kappa shape index (κ3) is 4.35. The lowest BCUT2D eigenvalue weighted by Gasteiger charge is -2.06. The highest BCUT2D eigenvalue weighted by molar-refractivity contribution is 5.93. The van der Waals surface area contributed by atoms with Crippen LogP contribution in [0.5, 0.6) is 0 Å². The number of nitrogens with zero attached hydrogens (tertiary/aromatic N) is 2. The van der Waals surface area contributed by atoms with Crippen LogP contribution in [-0.4, -0.2) is 33.9 Å². The fourth-order valence-corrected chi connectivity index (χ4v) is 2.66. The van der Waals surface area contributed by atoms with Gasteiger partial charge in [-0.05, 0) is 24.5 Å². The molecular formula is C19H23N5O. The van der Waals surface area contributed by atoms with Crippen molar-refractivity contribution in [2.75, 3.05) is 18.4 Å². The molecule has 2 heterocycles. The number of benzene rings is 1. The Morgan fingerprint density at radius 1 is 1.16 bits per heavy atom. The van der Waals surface area contributed by atoms with Gasteiger partial charge in [-0.1, -0.05) is 31.5 Å². The molecule has 6 heteroatoms. The van der Waals surface area contributed by atoms with E-state index in [1.54, 1.807) is 12.4 Å². The summed E-state index contributed by atoms with van der Waals surface area (Å²) in [5, 5.41) is 7.25. The van der Waals surface area contributed by atoms with Gasteiger partial charge in [0.25, 0.3) is 5.91 Å². The van der Waals surface area contributed by atoms with Crippen LogP contribution in [0.1, 0.15) is 35.7 Å². The van der Waals surface area contributed by atoms with Crippen LogP contribution in [0, 0.1) is 0 Å². The highest BCUT2D eigenvalue weighted by atomic mass is 16.1. The van der Waals surface area contributed by atoms with Gasteiger partial charge in [-0.25, -0.2) is 9.97 Å². The maximum absolute atomic E-state index is 12.2. The number of aromatic amines is 1. The third-order valence-corrected chi connectivity index (χ3v) is 4.08. The van der Waals surface area contributed by atoms with E-state index >= 15 is 0 Å². The lowest BCUT2D eigenvalue weighted by Crippen LogP contribution is -2.26. The van der Waals surface area contributed by atoms with Crippen LogP contribution in [0.2, 0.25) is 0 Å². The van der Waals surface area contributed by atoms with Crippen molar-refractivity contribution in [2.45, 2.75) is 26.2 Å². The van der Waals surface area contributed by atoms with E-state index < -0.39 is 0 Å². The normalized spacial score (nSPS) is 10.8. The lowest BCUT2D eigenvalue weighted by atomic mass is 10.1. The second-order valence-electron chi connectivity index (χ2n) is 5.94. The highest BCUT2D eigenvalue weighted by Crippen LogP contribution is 2.17. The quantitative estimate of drug-likeness (QED) is 0.552. The Labute approximate surface area is 147 Å². The number of carbonyl (C=O) groups excluding carboxylic acids is 1. The number of amides is 1. The van der Waals surface area contributed by atoms with Gasteiger partial charge < -0.3 is 15.6 Å². The summed E-state index contributed by atoms with van der Waals surface area (Å²) in [6.07, 6.45) is 8.07. The first kappa shape index (κ1) is 17.0. The third-order valence-electron chi connectivity index (χ3n) is 4.08. The number of hydrogen-bond donors (Lipinski definition) is 3. The molecule has 3 aromatic rings. The van der Waals surface area contributed by atoms with Crippen LogP contribution in [0.3, 0.4) is 0 Å². The van der Waals surface area contributed by atoms with Gasteiger partial charge in [0.15, 0.2) is 0 Å². The van der Waals surface area contributed by atoms with Gasteiger partial charge in [0.05, 0.1) is 5.56 Å². The van der Waals surface area contributed by atoms with Gasteiger partial charge in [-0.3, -0.25) is 4.79 Å². The molecule has 0 atom stereocenters. The number of para-hydroxylation sites is 1. The molecule has 0 saturated carbocycles. The van der Waals surface area contributed by atoms with Crippen molar-refractivity contribution in [3.63, 3.8) is 0 Å². The SMILES string of the molecule is CCCCNc1ncc(C(=O)NCCc2c[nH]c3ccccc23)cn1. The number of aromatic nitrogens is 3. The van der Waals surface area contributed by atoms with E-state index in [1.807, 2.05) is 24.4 Å². The Kier molecular flexibility index (Phi) is 5.61. The first-order valence-electron chi connectivity index (χ1n) is 8.67. The average molecular weight is 337 g/mol. The highest BCUT2D eigenvalue weighted by Gasteiger charge is 2.08. The molecule has 0 saturated heterocycles. The molecule has 0 bridgehead atoms. The largest absolute Gasteiger partial charge is 0.361 e. The Balaban J connectivity index is 1.50. The molecule has 2 aromatic heterocycles. The topological polar surface area (TPSA) is 82.7 Å². The van der Waals surface area contributed by atoms with Crippen LogP contribution in [0.15, 0.2) is 42.9 Å². The van der Waals surface area contributed by atoms with Crippen molar-refractivity contribution in [1.29, 1.82) is 0 Å². The molecule has 1 aromatic carbocycles. The van der Waals surface area contributed by atoms with E-state index in [4.69, 9.17) is 0 Å². The molecule has 3 rings (SSSR count). The number of nitrogens with one attached hydrogen (secondary N) is 3. The lowest BCUT2D eigenvalue weighted by molar-refractivity contribution is 0.0953. The van der Waals surface area contributed by atoms with Crippen LogP contribution in [0.4, 0.5) is 5.95 Å². The predicted octanol–water partition coefficient (Wildman–Crippen LogP) is 3.14. The predicted molar refractivity (Wildman–Crippen MR) is 99.8 cm³/mol. The van der Waals surface area contributed by atoms with Crippen LogP contribution >= 0.6 is 0 Å². The molecule has 0 aliphatic heterocycles. The fourth-order valence-electron chi connectivity index (χ4n) is 2.66. The van der Waals surface area contributed by atoms with Gasteiger partial charge in [0, 0.05) is 42.6 Å². The number of anilines is 1. The second-order valence-corrected chi connectivity index (χ2v) is 5.94. The van der Waals surface area contributed by atoms with E-state index in [0.29, 0.717) is 18.1 Å². The summed E-state index contributed by atoms with van der Waals surface area (Å²) in [7, 11) is 0. The monoisotopic (exact) mass is 337 g/mol. The second kappa shape index (κ2) is 8.28. The summed E-state index contributed by atoms with van der Waals surface area (Å²) in [4.78, 5) is 23.8. The van der Waals surface area contributed by atoms with E-state index in [-0.39, 0.29) is 5.91 Å². The van der Waals surface area contributed by atoms with Crippen LogP contribution in [0.25, 0.3) is 10.9 Å².